The molecule has 0 atom stereocenters. The van der Waals surface area contributed by atoms with Gasteiger partial charge in [-0.15, -0.1) is 0 Å². The maximum atomic E-state index is 12.6. The number of hydrogen-bond acceptors (Lipinski definition) is 5. The fraction of sp³-hybridized carbons (Fsp3) is 0. The summed E-state index contributed by atoms with van der Waals surface area (Å²) in [4.78, 5) is 44.1. The van der Waals surface area contributed by atoms with E-state index in [1.165, 1.54) is 12.4 Å². The van der Waals surface area contributed by atoms with E-state index in [0.29, 0.717) is 23.0 Å². The molecule has 3 heterocycles. The van der Waals surface area contributed by atoms with Crippen molar-refractivity contribution in [2.75, 3.05) is 10.6 Å². The van der Waals surface area contributed by atoms with Crippen LogP contribution in [-0.4, -0.2) is 36.7 Å². The summed E-state index contributed by atoms with van der Waals surface area (Å²) in [5.41, 5.74) is 2.33. The van der Waals surface area contributed by atoms with Crippen LogP contribution in [0.15, 0.2) is 91.3 Å². The number of anilines is 2. The number of hydrogen-bond donors (Lipinski definition) is 4. The van der Waals surface area contributed by atoms with Gasteiger partial charge in [-0.25, -0.2) is 15.0 Å². The zero-order chi connectivity index (χ0) is 23.3. The van der Waals surface area contributed by atoms with E-state index in [1.807, 2.05) is 60.7 Å². The van der Waals surface area contributed by atoms with E-state index in [-0.39, 0.29) is 11.6 Å². The number of aromatic amines is 2. The number of amides is 2. The van der Waals surface area contributed by atoms with Crippen LogP contribution in [0.1, 0.15) is 21.0 Å². The number of imidazole rings is 2. The van der Waals surface area contributed by atoms with Crippen molar-refractivity contribution in [1.82, 2.24) is 24.9 Å². The number of nitrogens with zero attached hydrogens (tertiary/aromatic N) is 3. The Labute approximate surface area is 194 Å². The topological polar surface area (TPSA) is 128 Å². The second-order valence-electron chi connectivity index (χ2n) is 7.34. The van der Waals surface area contributed by atoms with Crippen LogP contribution in [0, 0.1) is 0 Å². The number of nitrogens with one attached hydrogen (secondary N) is 4. The Morgan fingerprint density at radius 1 is 0.588 bits per heavy atom. The minimum atomic E-state index is -0.397. The number of rotatable bonds is 6. The molecule has 0 unspecified atom stereocenters. The summed E-state index contributed by atoms with van der Waals surface area (Å²) in [5.74, 6) is 0.961. The molecule has 4 N–H and O–H groups in total. The van der Waals surface area contributed by atoms with Crippen LogP contribution in [0.5, 0.6) is 0 Å². The minimum absolute atomic E-state index is 0.285. The Hall–Kier alpha value is -5.05. The molecule has 2 aromatic carbocycles. The Balaban J connectivity index is 1.25. The molecule has 9 nitrogen and oxygen atoms in total. The van der Waals surface area contributed by atoms with E-state index in [0.717, 1.165) is 11.1 Å². The second-order valence-corrected chi connectivity index (χ2v) is 7.34. The van der Waals surface area contributed by atoms with Crippen molar-refractivity contribution in [3.63, 3.8) is 0 Å². The zero-order valence-electron chi connectivity index (χ0n) is 17.8. The lowest BCUT2D eigenvalue weighted by Crippen LogP contribution is -2.16. The summed E-state index contributed by atoms with van der Waals surface area (Å²) >= 11 is 0. The normalized spacial score (nSPS) is 10.6. The number of carbonyl (C=O) groups excluding carboxylic acids is 2. The summed E-state index contributed by atoms with van der Waals surface area (Å²) < 4.78 is 0. The first-order chi connectivity index (χ1) is 16.7. The third-order valence-electron chi connectivity index (χ3n) is 4.97. The van der Waals surface area contributed by atoms with E-state index in [9.17, 15) is 9.59 Å². The molecule has 34 heavy (non-hydrogen) atoms. The van der Waals surface area contributed by atoms with E-state index in [1.54, 1.807) is 18.2 Å². The van der Waals surface area contributed by atoms with Gasteiger partial charge in [-0.1, -0.05) is 66.7 Å². The molecule has 0 spiro atoms. The Morgan fingerprint density at radius 2 is 1.03 bits per heavy atom. The van der Waals surface area contributed by atoms with Crippen LogP contribution in [0.25, 0.3) is 22.8 Å². The standard InChI is InChI=1S/C25H19N7O2/c33-24(18-14-26-22(28-18)16-8-3-1-4-9-16)31-20-12-7-13-21(30-20)32-25(34)19-15-27-23(29-19)17-10-5-2-6-11-17/h1-15H,(H,26,28)(H,27,29)(H2,30,31,32,33,34). The van der Waals surface area contributed by atoms with Crippen molar-refractivity contribution in [2.24, 2.45) is 0 Å². The molecule has 9 heteroatoms. The first-order valence-corrected chi connectivity index (χ1v) is 10.5. The van der Waals surface area contributed by atoms with Gasteiger partial charge >= 0.3 is 0 Å². The third-order valence-corrected chi connectivity index (χ3v) is 4.97. The molecular formula is C25H19N7O2. The summed E-state index contributed by atoms with van der Waals surface area (Å²) in [6.45, 7) is 0. The molecule has 5 rings (SSSR count). The van der Waals surface area contributed by atoms with Gasteiger partial charge in [0.05, 0.1) is 12.4 Å². The van der Waals surface area contributed by atoms with E-state index >= 15 is 0 Å². The summed E-state index contributed by atoms with van der Waals surface area (Å²) in [6.07, 6.45) is 2.93. The lowest BCUT2D eigenvalue weighted by Gasteiger charge is -2.06. The van der Waals surface area contributed by atoms with Gasteiger partial charge in [0.15, 0.2) is 0 Å². The molecule has 0 fully saturated rings. The first-order valence-electron chi connectivity index (χ1n) is 10.5. The summed E-state index contributed by atoms with van der Waals surface area (Å²) in [6, 6.07) is 23.9. The molecule has 3 aromatic heterocycles. The Kier molecular flexibility index (Phi) is 5.64. The molecule has 0 aliphatic carbocycles. The highest BCUT2D eigenvalue weighted by atomic mass is 16.2. The van der Waals surface area contributed by atoms with Gasteiger partial charge in [-0.05, 0) is 12.1 Å². The van der Waals surface area contributed by atoms with Crippen LogP contribution in [0.2, 0.25) is 0 Å². The summed E-state index contributed by atoms with van der Waals surface area (Å²) in [5, 5.41) is 5.42. The number of pyridine rings is 1. The van der Waals surface area contributed by atoms with E-state index < -0.39 is 11.8 Å². The van der Waals surface area contributed by atoms with Crippen molar-refractivity contribution >= 4 is 23.5 Å². The number of benzene rings is 2. The van der Waals surface area contributed by atoms with E-state index in [2.05, 4.69) is 35.6 Å². The molecule has 0 aliphatic heterocycles. The van der Waals surface area contributed by atoms with Crippen LogP contribution in [0.4, 0.5) is 11.6 Å². The number of aromatic nitrogens is 5. The predicted octanol–water partition coefficient (Wildman–Crippen LogP) is 4.37. The average molecular weight is 449 g/mol. The number of H-pyrrole nitrogens is 2. The number of carbonyl (C=O) groups is 2. The highest BCUT2D eigenvalue weighted by Crippen LogP contribution is 2.17. The molecule has 0 bridgehead atoms. The van der Waals surface area contributed by atoms with Crippen molar-refractivity contribution in [3.05, 3.63) is 103 Å². The molecule has 166 valence electrons. The van der Waals surface area contributed by atoms with Crippen molar-refractivity contribution in [1.29, 1.82) is 0 Å². The van der Waals surface area contributed by atoms with Gasteiger partial charge in [0.1, 0.15) is 34.7 Å². The van der Waals surface area contributed by atoms with E-state index in [4.69, 9.17) is 0 Å². The largest absolute Gasteiger partial charge is 0.334 e. The van der Waals surface area contributed by atoms with Crippen molar-refractivity contribution in [3.8, 4) is 22.8 Å². The molecule has 0 saturated heterocycles. The smallest absolute Gasteiger partial charge is 0.274 e. The van der Waals surface area contributed by atoms with Gasteiger partial charge in [-0.3, -0.25) is 9.59 Å². The third kappa shape index (κ3) is 4.58. The zero-order valence-corrected chi connectivity index (χ0v) is 17.8. The SMILES string of the molecule is O=C(Nc1cccc(NC(=O)c2cnc(-c3ccccc3)[nH]2)n1)c1cnc(-c2ccccc2)[nH]1. The van der Waals surface area contributed by atoms with Gasteiger partial charge in [-0.2, -0.15) is 0 Å². The second kappa shape index (κ2) is 9.21. The van der Waals surface area contributed by atoms with Gasteiger partial charge < -0.3 is 20.6 Å². The van der Waals surface area contributed by atoms with Crippen LogP contribution in [0.3, 0.4) is 0 Å². The average Bonchev–Trinajstić information content (AvgIpc) is 3.56. The van der Waals surface area contributed by atoms with Crippen LogP contribution < -0.4 is 10.6 Å². The fourth-order valence-corrected chi connectivity index (χ4v) is 3.30. The lowest BCUT2D eigenvalue weighted by atomic mass is 10.2. The molecule has 2 amide bonds. The first kappa shape index (κ1) is 20.8. The molecular weight excluding hydrogens is 430 g/mol. The molecule has 0 aliphatic rings. The molecule has 0 radical (unpaired) electrons. The quantitative estimate of drug-likeness (QED) is 0.306. The monoisotopic (exact) mass is 449 g/mol. The maximum Gasteiger partial charge on any atom is 0.274 e. The molecule has 0 saturated carbocycles. The Bertz CT molecular complexity index is 1340. The molecule has 5 aromatic rings. The van der Waals surface area contributed by atoms with Gasteiger partial charge in [0.25, 0.3) is 11.8 Å². The van der Waals surface area contributed by atoms with Crippen LogP contribution in [-0.2, 0) is 0 Å². The highest BCUT2D eigenvalue weighted by molar-refractivity contribution is 6.04. The predicted molar refractivity (Wildman–Crippen MR) is 128 cm³/mol. The van der Waals surface area contributed by atoms with Crippen LogP contribution >= 0.6 is 0 Å². The maximum absolute atomic E-state index is 12.6. The Morgan fingerprint density at radius 3 is 1.47 bits per heavy atom. The van der Waals surface area contributed by atoms with Gasteiger partial charge in [0, 0.05) is 11.1 Å². The minimum Gasteiger partial charge on any atom is -0.334 e. The summed E-state index contributed by atoms with van der Waals surface area (Å²) in [7, 11) is 0. The van der Waals surface area contributed by atoms with Crippen molar-refractivity contribution < 1.29 is 9.59 Å². The lowest BCUT2D eigenvalue weighted by molar-refractivity contribution is 0.101. The van der Waals surface area contributed by atoms with Crippen molar-refractivity contribution in [2.45, 2.75) is 0 Å². The fourth-order valence-electron chi connectivity index (χ4n) is 3.30. The van der Waals surface area contributed by atoms with Gasteiger partial charge in [0.2, 0.25) is 0 Å². The highest BCUT2D eigenvalue weighted by Gasteiger charge is 2.14.